The summed E-state index contributed by atoms with van der Waals surface area (Å²) < 4.78 is 0.849. The zero-order valence-electron chi connectivity index (χ0n) is 16.6. The quantitative estimate of drug-likeness (QED) is 0.543. The molecule has 0 aliphatic rings. The summed E-state index contributed by atoms with van der Waals surface area (Å²) in [4.78, 5) is 33.9. The Balaban J connectivity index is 2.02. The Labute approximate surface area is 173 Å². The van der Waals surface area contributed by atoms with Crippen LogP contribution in [0.5, 0.6) is 0 Å². The molecule has 0 bridgehead atoms. The molecule has 0 radical (unpaired) electrons. The predicted molar refractivity (Wildman–Crippen MR) is 117 cm³/mol. The number of aromatic nitrogens is 2. The van der Waals surface area contributed by atoms with Crippen molar-refractivity contribution >= 4 is 32.7 Å². The Hall–Kier alpha value is -2.34. The summed E-state index contributed by atoms with van der Waals surface area (Å²) in [6, 6.07) is 7.76. The molecule has 3 rings (SSSR count). The lowest BCUT2D eigenvalue weighted by Gasteiger charge is -2.24. The van der Waals surface area contributed by atoms with Gasteiger partial charge in [-0.3, -0.25) is 9.59 Å². The van der Waals surface area contributed by atoms with E-state index in [4.69, 9.17) is 0 Å². The van der Waals surface area contributed by atoms with Gasteiger partial charge in [0.15, 0.2) is 0 Å². The number of aryl methyl sites for hydroxylation is 2. The molecular formula is C22H26BrN3O2. The number of fused-ring (bicyclic) bond motifs is 1. The first-order valence-electron chi connectivity index (χ1n) is 9.72. The second-order valence-electron chi connectivity index (χ2n) is 7.15. The summed E-state index contributed by atoms with van der Waals surface area (Å²) in [5.74, 6) is -0.0600. The number of benzene rings is 1. The average molecular weight is 444 g/mol. The van der Waals surface area contributed by atoms with E-state index in [1.807, 2.05) is 44.3 Å². The molecule has 0 unspecified atom stereocenters. The van der Waals surface area contributed by atoms with Crippen LogP contribution in [0.1, 0.15) is 53.9 Å². The third-order valence-electron chi connectivity index (χ3n) is 4.88. The molecule has 5 nitrogen and oxygen atoms in total. The van der Waals surface area contributed by atoms with Gasteiger partial charge in [-0.2, -0.15) is 0 Å². The molecule has 0 saturated heterocycles. The van der Waals surface area contributed by atoms with Crippen molar-refractivity contribution in [2.45, 2.75) is 46.6 Å². The monoisotopic (exact) mass is 443 g/mol. The van der Waals surface area contributed by atoms with Gasteiger partial charge in [0.25, 0.3) is 11.5 Å². The van der Waals surface area contributed by atoms with Crippen LogP contribution >= 0.6 is 15.9 Å². The molecule has 2 heterocycles. The Kier molecular flexibility index (Phi) is 6.39. The minimum atomic E-state index is -0.0987. The van der Waals surface area contributed by atoms with Crippen molar-refractivity contribution in [3.63, 3.8) is 0 Å². The van der Waals surface area contributed by atoms with Gasteiger partial charge in [-0.1, -0.05) is 36.2 Å². The first kappa shape index (κ1) is 20.4. The molecule has 2 N–H and O–H groups in total. The standard InChI is InChI=1S/C22H26BrN3O2/c1-4-6-15-10-14(3)25-21(27)19(15)13-26(9-5-2)22(28)18-11-16(23)12-20-17(18)7-8-24-20/h7-8,10-12,24H,4-6,9,13H2,1-3H3,(H,25,27). The fourth-order valence-electron chi connectivity index (χ4n) is 3.64. The van der Waals surface area contributed by atoms with Crippen molar-refractivity contribution in [3.05, 3.63) is 67.7 Å². The third kappa shape index (κ3) is 4.22. The molecule has 1 amide bonds. The van der Waals surface area contributed by atoms with Crippen molar-refractivity contribution in [1.29, 1.82) is 0 Å². The van der Waals surface area contributed by atoms with Gasteiger partial charge in [-0.25, -0.2) is 0 Å². The highest BCUT2D eigenvalue weighted by Crippen LogP contribution is 2.25. The van der Waals surface area contributed by atoms with Gasteiger partial charge in [-0.05, 0) is 49.6 Å². The van der Waals surface area contributed by atoms with Crippen LogP contribution in [0.3, 0.4) is 0 Å². The predicted octanol–water partition coefficient (Wildman–Crippen LogP) is 4.93. The summed E-state index contributed by atoms with van der Waals surface area (Å²) in [5, 5.41) is 0.890. The average Bonchev–Trinajstić information content (AvgIpc) is 3.10. The first-order chi connectivity index (χ1) is 13.4. The van der Waals surface area contributed by atoms with E-state index in [1.165, 1.54) is 0 Å². The van der Waals surface area contributed by atoms with Gasteiger partial charge in [0, 0.05) is 39.4 Å². The molecule has 0 atom stereocenters. The minimum Gasteiger partial charge on any atom is -0.361 e. The van der Waals surface area contributed by atoms with E-state index in [1.54, 1.807) is 4.90 Å². The van der Waals surface area contributed by atoms with Crippen molar-refractivity contribution in [2.24, 2.45) is 0 Å². The number of H-pyrrole nitrogens is 2. The fraction of sp³-hybridized carbons (Fsp3) is 0.364. The Morgan fingerprint density at radius 2 is 1.96 bits per heavy atom. The molecule has 2 aromatic heterocycles. The maximum Gasteiger partial charge on any atom is 0.254 e. The largest absolute Gasteiger partial charge is 0.361 e. The number of pyridine rings is 1. The molecule has 3 aromatic rings. The van der Waals surface area contributed by atoms with Gasteiger partial charge >= 0.3 is 0 Å². The van der Waals surface area contributed by atoms with E-state index in [9.17, 15) is 9.59 Å². The van der Waals surface area contributed by atoms with Crippen molar-refractivity contribution in [2.75, 3.05) is 6.54 Å². The van der Waals surface area contributed by atoms with Crippen LogP contribution in [0.4, 0.5) is 0 Å². The molecular weight excluding hydrogens is 418 g/mol. The summed E-state index contributed by atoms with van der Waals surface area (Å²) >= 11 is 3.50. The number of hydrogen-bond donors (Lipinski definition) is 2. The molecule has 0 spiro atoms. The number of amides is 1. The molecule has 0 fully saturated rings. The van der Waals surface area contributed by atoms with Crippen molar-refractivity contribution in [1.82, 2.24) is 14.9 Å². The summed E-state index contributed by atoms with van der Waals surface area (Å²) in [7, 11) is 0. The smallest absolute Gasteiger partial charge is 0.254 e. The minimum absolute atomic E-state index is 0.0600. The maximum absolute atomic E-state index is 13.4. The number of rotatable bonds is 7. The zero-order valence-corrected chi connectivity index (χ0v) is 18.1. The van der Waals surface area contributed by atoms with Crippen LogP contribution in [-0.2, 0) is 13.0 Å². The first-order valence-corrected chi connectivity index (χ1v) is 10.5. The fourth-order valence-corrected chi connectivity index (χ4v) is 4.10. The number of halogens is 1. The number of carbonyl (C=O) groups excluding carboxylic acids is 1. The third-order valence-corrected chi connectivity index (χ3v) is 5.33. The lowest BCUT2D eigenvalue weighted by Crippen LogP contribution is -2.34. The topological polar surface area (TPSA) is 69.0 Å². The maximum atomic E-state index is 13.4. The molecule has 148 valence electrons. The van der Waals surface area contributed by atoms with Gasteiger partial charge in [0.05, 0.1) is 12.1 Å². The van der Waals surface area contributed by atoms with E-state index in [-0.39, 0.29) is 11.5 Å². The summed E-state index contributed by atoms with van der Waals surface area (Å²) in [5.41, 5.74) is 4.02. The molecule has 6 heteroatoms. The van der Waals surface area contributed by atoms with Crippen LogP contribution < -0.4 is 5.56 Å². The number of aromatic amines is 2. The lowest BCUT2D eigenvalue weighted by molar-refractivity contribution is 0.0744. The highest BCUT2D eigenvalue weighted by molar-refractivity contribution is 9.10. The second kappa shape index (κ2) is 8.78. The normalized spacial score (nSPS) is 11.1. The second-order valence-corrected chi connectivity index (χ2v) is 8.07. The Morgan fingerprint density at radius 1 is 1.18 bits per heavy atom. The van der Waals surface area contributed by atoms with Crippen molar-refractivity contribution < 1.29 is 4.79 Å². The number of nitrogens with one attached hydrogen (secondary N) is 2. The Bertz CT molecular complexity index is 1050. The summed E-state index contributed by atoms with van der Waals surface area (Å²) in [6.45, 7) is 6.94. The van der Waals surface area contributed by atoms with E-state index >= 15 is 0 Å². The van der Waals surface area contributed by atoms with Gasteiger partial charge < -0.3 is 14.9 Å². The van der Waals surface area contributed by atoms with Crippen molar-refractivity contribution in [3.8, 4) is 0 Å². The Morgan fingerprint density at radius 3 is 2.68 bits per heavy atom. The van der Waals surface area contributed by atoms with Crippen LogP contribution in [-0.4, -0.2) is 27.3 Å². The van der Waals surface area contributed by atoms with Crippen LogP contribution in [0, 0.1) is 6.92 Å². The van der Waals surface area contributed by atoms with E-state index in [0.29, 0.717) is 24.2 Å². The molecule has 1 aromatic carbocycles. The number of carbonyl (C=O) groups is 1. The van der Waals surface area contributed by atoms with Gasteiger partial charge in [-0.15, -0.1) is 0 Å². The number of hydrogen-bond acceptors (Lipinski definition) is 2. The van der Waals surface area contributed by atoms with E-state index in [2.05, 4.69) is 32.8 Å². The molecule has 0 aliphatic heterocycles. The van der Waals surface area contributed by atoms with Gasteiger partial charge in [0.1, 0.15) is 0 Å². The number of nitrogens with zero attached hydrogens (tertiary/aromatic N) is 1. The highest BCUT2D eigenvalue weighted by atomic mass is 79.9. The van der Waals surface area contributed by atoms with E-state index < -0.39 is 0 Å². The van der Waals surface area contributed by atoms with Crippen LogP contribution in [0.15, 0.2) is 39.7 Å². The van der Waals surface area contributed by atoms with Gasteiger partial charge in [0.2, 0.25) is 0 Å². The molecule has 0 aliphatic carbocycles. The summed E-state index contributed by atoms with van der Waals surface area (Å²) in [6.07, 6.45) is 4.44. The van der Waals surface area contributed by atoms with E-state index in [0.717, 1.165) is 45.9 Å². The zero-order chi connectivity index (χ0) is 20.3. The molecule has 28 heavy (non-hydrogen) atoms. The molecule has 0 saturated carbocycles. The SMILES string of the molecule is CCCc1cc(C)[nH]c(=O)c1CN(CCC)C(=O)c1cc(Br)cc2[nH]ccc12. The highest BCUT2D eigenvalue weighted by Gasteiger charge is 2.21. The van der Waals surface area contributed by atoms with Crippen LogP contribution in [0.25, 0.3) is 10.9 Å². The lowest BCUT2D eigenvalue weighted by atomic mass is 10.0. The van der Waals surface area contributed by atoms with Crippen LogP contribution in [0.2, 0.25) is 0 Å².